The minimum Gasteiger partial charge on any atom is -0.395 e. The van der Waals surface area contributed by atoms with E-state index < -0.39 is 10.0 Å². The number of hydrogen-bond donors (Lipinski definition) is 2. The Hall–Kier alpha value is -2.36. The number of aliphatic hydroxyl groups excluding tert-OH is 1. The summed E-state index contributed by atoms with van der Waals surface area (Å²) in [6, 6.07) is 11.3. The van der Waals surface area contributed by atoms with Gasteiger partial charge in [0.25, 0.3) is 10.0 Å². The Bertz CT molecular complexity index is 762. The van der Waals surface area contributed by atoms with Crippen molar-refractivity contribution in [1.29, 1.82) is 0 Å². The molecule has 2 aromatic rings. The minimum absolute atomic E-state index is 0.00836. The van der Waals surface area contributed by atoms with Crippen molar-refractivity contribution in [3.63, 3.8) is 0 Å². The number of aromatic nitrogens is 1. The summed E-state index contributed by atoms with van der Waals surface area (Å²) in [7, 11) is -3.66. The van der Waals surface area contributed by atoms with E-state index in [4.69, 9.17) is 5.11 Å². The van der Waals surface area contributed by atoms with Gasteiger partial charge in [-0.15, -0.1) is 0 Å². The molecule has 0 fully saturated rings. The molecule has 0 unspecified atom stereocenters. The second-order valence-corrected chi connectivity index (χ2v) is 5.81. The average Bonchev–Trinajstić information content (AvgIpc) is 2.48. The lowest BCUT2D eigenvalue weighted by Gasteiger charge is -2.07. The zero-order valence-electron chi connectivity index (χ0n) is 11.2. The topological polar surface area (TPSA) is 79.3 Å². The lowest BCUT2D eigenvalue weighted by Crippen LogP contribution is -2.13. The molecule has 21 heavy (non-hydrogen) atoms. The number of rotatable bonds is 4. The van der Waals surface area contributed by atoms with E-state index in [1.165, 1.54) is 18.3 Å². The Balaban J connectivity index is 2.21. The summed E-state index contributed by atoms with van der Waals surface area (Å²) in [5, 5.41) is 8.67. The number of nitrogens with one attached hydrogen (secondary N) is 1. The van der Waals surface area contributed by atoms with Crippen LogP contribution in [-0.2, 0) is 10.0 Å². The third-order valence-electron chi connectivity index (χ3n) is 2.52. The summed E-state index contributed by atoms with van der Waals surface area (Å²) >= 11 is 0. The van der Waals surface area contributed by atoms with E-state index in [9.17, 15) is 8.42 Å². The van der Waals surface area contributed by atoms with Crippen molar-refractivity contribution < 1.29 is 13.5 Å². The van der Waals surface area contributed by atoms with Crippen LogP contribution in [0.25, 0.3) is 0 Å². The number of nitrogens with zero attached hydrogens (tertiary/aromatic N) is 1. The lowest BCUT2D eigenvalue weighted by molar-refractivity contribution is 0.305. The van der Waals surface area contributed by atoms with Crippen molar-refractivity contribution >= 4 is 15.8 Å². The first kappa shape index (κ1) is 15.0. The molecule has 108 valence electrons. The first-order chi connectivity index (χ1) is 10.1. The van der Waals surface area contributed by atoms with Crippen molar-refractivity contribution in [2.45, 2.75) is 11.3 Å². The molecule has 5 nitrogen and oxygen atoms in total. The van der Waals surface area contributed by atoms with Crippen molar-refractivity contribution in [2.75, 3.05) is 11.3 Å². The largest absolute Gasteiger partial charge is 0.395 e. The lowest BCUT2D eigenvalue weighted by atomic mass is 10.2. The summed E-state index contributed by atoms with van der Waals surface area (Å²) < 4.78 is 26.7. The van der Waals surface area contributed by atoms with Crippen LogP contribution in [0, 0.1) is 11.8 Å². The quantitative estimate of drug-likeness (QED) is 0.841. The molecule has 0 atom stereocenters. The highest BCUT2D eigenvalue weighted by atomic mass is 32.2. The number of aliphatic hydroxyl groups is 1. The van der Waals surface area contributed by atoms with E-state index >= 15 is 0 Å². The monoisotopic (exact) mass is 302 g/mol. The van der Waals surface area contributed by atoms with Crippen LogP contribution in [0.15, 0.2) is 53.6 Å². The van der Waals surface area contributed by atoms with Gasteiger partial charge in [-0.1, -0.05) is 30.0 Å². The predicted molar refractivity (Wildman–Crippen MR) is 80.1 cm³/mol. The van der Waals surface area contributed by atoms with Gasteiger partial charge < -0.3 is 5.11 Å². The Kier molecular flexibility index (Phi) is 4.93. The van der Waals surface area contributed by atoms with Crippen molar-refractivity contribution in [2.24, 2.45) is 0 Å². The van der Waals surface area contributed by atoms with Gasteiger partial charge in [0, 0.05) is 18.2 Å². The Morgan fingerprint density at radius 1 is 1.19 bits per heavy atom. The minimum atomic E-state index is -3.66. The second kappa shape index (κ2) is 6.88. The van der Waals surface area contributed by atoms with Gasteiger partial charge in [-0.25, -0.2) is 13.4 Å². The van der Waals surface area contributed by atoms with Crippen molar-refractivity contribution in [3.8, 4) is 11.8 Å². The molecule has 0 aliphatic carbocycles. The standard InChI is InChI=1S/C15H14N2O3S/c18-11-5-4-6-13-9-10-16-15(12-13)17-21(19,20)14-7-2-1-3-8-14/h1-3,7-10,12,18H,5,11H2,(H,16,17). The normalized spacial score (nSPS) is 10.5. The molecule has 0 saturated heterocycles. The molecule has 6 heteroatoms. The van der Waals surface area contributed by atoms with Crippen LogP contribution in [0.3, 0.4) is 0 Å². The van der Waals surface area contributed by atoms with Crippen molar-refractivity contribution in [1.82, 2.24) is 4.98 Å². The van der Waals surface area contributed by atoms with Gasteiger partial charge in [0.1, 0.15) is 5.82 Å². The summed E-state index contributed by atoms with van der Waals surface area (Å²) in [4.78, 5) is 4.14. The van der Waals surface area contributed by atoms with Gasteiger partial charge in [0.2, 0.25) is 0 Å². The third kappa shape index (κ3) is 4.31. The van der Waals surface area contributed by atoms with Crippen LogP contribution in [0.4, 0.5) is 5.82 Å². The average molecular weight is 302 g/mol. The maximum Gasteiger partial charge on any atom is 0.263 e. The molecule has 0 saturated carbocycles. The van der Waals surface area contributed by atoms with Crippen LogP contribution < -0.4 is 4.72 Å². The third-order valence-corrected chi connectivity index (χ3v) is 3.89. The Labute approximate surface area is 123 Å². The van der Waals surface area contributed by atoms with Gasteiger partial charge >= 0.3 is 0 Å². The molecule has 0 amide bonds. The van der Waals surface area contributed by atoms with Crippen LogP contribution >= 0.6 is 0 Å². The van der Waals surface area contributed by atoms with Crippen LogP contribution in [0.1, 0.15) is 12.0 Å². The molecule has 0 aliphatic heterocycles. The number of sulfonamides is 1. The van der Waals surface area contributed by atoms with Gasteiger partial charge in [0.15, 0.2) is 0 Å². The van der Waals surface area contributed by atoms with E-state index in [0.717, 1.165) is 0 Å². The first-order valence-electron chi connectivity index (χ1n) is 6.25. The molecule has 1 aromatic heterocycles. The number of benzene rings is 1. The first-order valence-corrected chi connectivity index (χ1v) is 7.74. The fourth-order valence-electron chi connectivity index (χ4n) is 1.58. The fourth-order valence-corrected chi connectivity index (χ4v) is 2.60. The highest BCUT2D eigenvalue weighted by Crippen LogP contribution is 2.14. The maximum absolute atomic E-state index is 12.2. The van der Waals surface area contributed by atoms with E-state index in [2.05, 4.69) is 21.5 Å². The number of hydrogen-bond acceptors (Lipinski definition) is 4. The molecule has 0 aliphatic rings. The maximum atomic E-state index is 12.2. The van der Waals surface area contributed by atoms with Gasteiger partial charge in [-0.3, -0.25) is 4.72 Å². The Morgan fingerprint density at radius 2 is 1.95 bits per heavy atom. The zero-order chi connectivity index (χ0) is 15.1. The molecular formula is C15H14N2O3S. The molecule has 2 N–H and O–H groups in total. The summed E-state index contributed by atoms with van der Waals surface area (Å²) in [6.45, 7) is -0.00836. The molecule has 1 aromatic carbocycles. The van der Waals surface area contributed by atoms with E-state index in [1.54, 1.807) is 30.3 Å². The highest BCUT2D eigenvalue weighted by Gasteiger charge is 2.13. The smallest absolute Gasteiger partial charge is 0.263 e. The van der Waals surface area contributed by atoms with Crippen LogP contribution in [-0.4, -0.2) is 25.1 Å². The molecule has 1 heterocycles. The molecule has 2 rings (SSSR count). The second-order valence-electron chi connectivity index (χ2n) is 4.12. The van der Waals surface area contributed by atoms with E-state index in [0.29, 0.717) is 12.0 Å². The SMILES string of the molecule is O=S(=O)(Nc1cc(C#CCCO)ccn1)c1ccccc1. The van der Waals surface area contributed by atoms with Crippen LogP contribution in [0.2, 0.25) is 0 Å². The number of anilines is 1. The zero-order valence-corrected chi connectivity index (χ0v) is 12.0. The predicted octanol–water partition coefficient (Wildman–Crippen LogP) is 1.62. The van der Waals surface area contributed by atoms with Gasteiger partial charge in [-0.2, -0.15) is 0 Å². The summed E-state index contributed by atoms with van der Waals surface area (Å²) in [6.07, 6.45) is 1.85. The molecular weight excluding hydrogens is 288 g/mol. The van der Waals surface area contributed by atoms with Crippen molar-refractivity contribution in [3.05, 3.63) is 54.2 Å². The Morgan fingerprint density at radius 3 is 2.67 bits per heavy atom. The molecule has 0 spiro atoms. The highest BCUT2D eigenvalue weighted by molar-refractivity contribution is 7.92. The summed E-state index contributed by atoms with van der Waals surface area (Å²) in [5.41, 5.74) is 0.629. The molecule has 0 bridgehead atoms. The fraction of sp³-hybridized carbons (Fsp3) is 0.133. The van der Waals surface area contributed by atoms with E-state index in [1.807, 2.05) is 0 Å². The van der Waals surface area contributed by atoms with Gasteiger partial charge in [-0.05, 0) is 24.3 Å². The van der Waals surface area contributed by atoms with E-state index in [-0.39, 0.29) is 17.3 Å². The summed E-state index contributed by atoms with van der Waals surface area (Å²) in [5.74, 6) is 5.80. The number of pyridine rings is 1. The van der Waals surface area contributed by atoms with Gasteiger partial charge in [0.05, 0.1) is 11.5 Å². The molecule has 0 radical (unpaired) electrons. The van der Waals surface area contributed by atoms with Crippen LogP contribution in [0.5, 0.6) is 0 Å².